The standard InChI is InChI=1S/C11H16O.C2H6/c1-7-9(4)11(12-6)10(5)8(2)3;1-2/h7H,1-2,5H2,3-4,6H3;1-2H3/b11-9+;. The largest absolute Gasteiger partial charge is 0.496 e. The second-order valence-corrected chi connectivity index (χ2v) is 2.68. The summed E-state index contributed by atoms with van der Waals surface area (Å²) in [6.45, 7) is 19.2. The van der Waals surface area contributed by atoms with Gasteiger partial charge >= 0.3 is 0 Å². The van der Waals surface area contributed by atoms with E-state index in [1.165, 1.54) is 0 Å². The van der Waals surface area contributed by atoms with Gasteiger partial charge in [0, 0.05) is 5.57 Å². The van der Waals surface area contributed by atoms with Crippen molar-refractivity contribution in [3.05, 3.63) is 48.3 Å². The van der Waals surface area contributed by atoms with E-state index in [0.717, 1.165) is 22.5 Å². The Labute approximate surface area is 88.5 Å². The Bertz CT molecular complexity index is 244. The molecule has 0 N–H and O–H groups in total. The van der Waals surface area contributed by atoms with Gasteiger partial charge in [-0.2, -0.15) is 0 Å². The van der Waals surface area contributed by atoms with E-state index in [1.54, 1.807) is 13.2 Å². The highest BCUT2D eigenvalue weighted by Gasteiger charge is 2.05. The molecule has 0 saturated carbocycles. The zero-order valence-electron chi connectivity index (χ0n) is 10.1. The molecular weight excluding hydrogens is 172 g/mol. The highest BCUT2D eigenvalue weighted by molar-refractivity contribution is 5.43. The van der Waals surface area contributed by atoms with Crippen molar-refractivity contribution in [2.75, 3.05) is 7.11 Å². The molecule has 0 radical (unpaired) electrons. The van der Waals surface area contributed by atoms with Gasteiger partial charge in [-0.05, 0) is 25.0 Å². The van der Waals surface area contributed by atoms with Crippen molar-refractivity contribution in [3.63, 3.8) is 0 Å². The van der Waals surface area contributed by atoms with E-state index in [2.05, 4.69) is 19.7 Å². The number of allylic oxidation sites excluding steroid dienone is 3. The minimum Gasteiger partial charge on any atom is -0.496 e. The summed E-state index contributed by atoms with van der Waals surface area (Å²) in [5, 5.41) is 0. The number of ether oxygens (including phenoxy) is 1. The van der Waals surface area contributed by atoms with Crippen LogP contribution < -0.4 is 0 Å². The zero-order chi connectivity index (χ0) is 11.7. The second kappa shape index (κ2) is 8.36. The third-order valence-corrected chi connectivity index (χ3v) is 1.66. The molecule has 1 heteroatoms. The molecular formula is C13H22O. The predicted molar refractivity (Wildman–Crippen MR) is 65.2 cm³/mol. The predicted octanol–water partition coefficient (Wildman–Crippen LogP) is 4.25. The van der Waals surface area contributed by atoms with Crippen LogP contribution in [0.25, 0.3) is 0 Å². The number of methoxy groups -OCH3 is 1. The maximum atomic E-state index is 5.17. The maximum absolute atomic E-state index is 5.17. The van der Waals surface area contributed by atoms with Crippen LogP contribution in [0.15, 0.2) is 48.3 Å². The summed E-state index contributed by atoms with van der Waals surface area (Å²) in [5.41, 5.74) is 2.72. The fourth-order valence-corrected chi connectivity index (χ4v) is 0.809. The van der Waals surface area contributed by atoms with Crippen LogP contribution in [0.2, 0.25) is 0 Å². The van der Waals surface area contributed by atoms with Gasteiger partial charge in [-0.15, -0.1) is 0 Å². The molecule has 0 spiro atoms. The molecule has 0 aromatic rings. The van der Waals surface area contributed by atoms with Gasteiger partial charge in [0.15, 0.2) is 0 Å². The molecule has 0 aliphatic carbocycles. The van der Waals surface area contributed by atoms with Crippen LogP contribution in [0.5, 0.6) is 0 Å². The normalized spacial score (nSPS) is 10.4. The summed E-state index contributed by atoms with van der Waals surface area (Å²) in [6.07, 6.45) is 1.74. The molecule has 0 bridgehead atoms. The lowest BCUT2D eigenvalue weighted by molar-refractivity contribution is 0.299. The maximum Gasteiger partial charge on any atom is 0.128 e. The summed E-state index contributed by atoms with van der Waals surface area (Å²) >= 11 is 0. The van der Waals surface area contributed by atoms with Gasteiger partial charge in [0.05, 0.1) is 7.11 Å². The molecule has 14 heavy (non-hydrogen) atoms. The molecule has 0 rings (SSSR count). The molecule has 0 aliphatic rings. The summed E-state index contributed by atoms with van der Waals surface area (Å²) in [7, 11) is 1.62. The summed E-state index contributed by atoms with van der Waals surface area (Å²) in [6, 6.07) is 0. The van der Waals surface area contributed by atoms with Crippen LogP contribution >= 0.6 is 0 Å². The molecule has 0 heterocycles. The Kier molecular flexibility index (Phi) is 9.10. The first kappa shape index (κ1) is 15.2. The number of hydrogen-bond donors (Lipinski definition) is 0. The molecule has 0 aromatic heterocycles. The molecule has 0 unspecified atom stereocenters. The Morgan fingerprint density at radius 2 is 1.57 bits per heavy atom. The molecule has 0 saturated heterocycles. The quantitative estimate of drug-likeness (QED) is 0.480. The van der Waals surface area contributed by atoms with Crippen molar-refractivity contribution in [3.8, 4) is 0 Å². The number of rotatable bonds is 4. The minimum atomic E-state index is 0.762. The Morgan fingerprint density at radius 3 is 1.79 bits per heavy atom. The van der Waals surface area contributed by atoms with Crippen LogP contribution in [0.3, 0.4) is 0 Å². The topological polar surface area (TPSA) is 9.23 Å². The average Bonchev–Trinajstić information content (AvgIpc) is 2.21. The molecule has 0 aliphatic heterocycles. The van der Waals surface area contributed by atoms with Gasteiger partial charge in [0.25, 0.3) is 0 Å². The van der Waals surface area contributed by atoms with Crippen LogP contribution in [0.4, 0.5) is 0 Å². The molecule has 0 amide bonds. The van der Waals surface area contributed by atoms with Gasteiger partial charge in [0.2, 0.25) is 0 Å². The number of hydrogen-bond acceptors (Lipinski definition) is 1. The van der Waals surface area contributed by atoms with E-state index >= 15 is 0 Å². The Hall–Kier alpha value is -1.24. The van der Waals surface area contributed by atoms with Gasteiger partial charge in [-0.3, -0.25) is 0 Å². The van der Waals surface area contributed by atoms with Gasteiger partial charge in [-0.1, -0.05) is 39.7 Å². The lowest BCUT2D eigenvalue weighted by Crippen LogP contribution is -1.95. The highest BCUT2D eigenvalue weighted by Crippen LogP contribution is 2.19. The van der Waals surface area contributed by atoms with Crippen molar-refractivity contribution >= 4 is 0 Å². The van der Waals surface area contributed by atoms with E-state index < -0.39 is 0 Å². The van der Waals surface area contributed by atoms with Crippen LogP contribution in [0, 0.1) is 0 Å². The first-order chi connectivity index (χ1) is 6.54. The average molecular weight is 194 g/mol. The van der Waals surface area contributed by atoms with Gasteiger partial charge in [0.1, 0.15) is 5.76 Å². The van der Waals surface area contributed by atoms with Crippen molar-refractivity contribution in [1.82, 2.24) is 0 Å². The molecule has 0 atom stereocenters. The van der Waals surface area contributed by atoms with E-state index in [-0.39, 0.29) is 0 Å². The van der Waals surface area contributed by atoms with Crippen molar-refractivity contribution < 1.29 is 4.74 Å². The molecule has 0 fully saturated rings. The van der Waals surface area contributed by atoms with Crippen LogP contribution in [-0.4, -0.2) is 7.11 Å². The smallest absolute Gasteiger partial charge is 0.128 e. The molecule has 0 aromatic carbocycles. The summed E-state index contributed by atoms with van der Waals surface area (Å²) < 4.78 is 5.17. The first-order valence-electron chi connectivity index (χ1n) is 4.77. The summed E-state index contributed by atoms with van der Waals surface area (Å²) in [5.74, 6) is 0.762. The van der Waals surface area contributed by atoms with E-state index in [1.807, 2.05) is 27.7 Å². The second-order valence-electron chi connectivity index (χ2n) is 2.68. The molecule has 80 valence electrons. The Balaban J connectivity index is 0. The van der Waals surface area contributed by atoms with Gasteiger partial charge in [-0.25, -0.2) is 0 Å². The SMILES string of the molecule is C=C/C(C)=C(/OC)C(=C)C(=C)C.CC. The zero-order valence-corrected chi connectivity index (χ0v) is 10.1. The van der Waals surface area contributed by atoms with Crippen molar-refractivity contribution in [2.45, 2.75) is 27.7 Å². The third-order valence-electron chi connectivity index (χ3n) is 1.66. The molecule has 1 nitrogen and oxygen atoms in total. The fraction of sp³-hybridized carbons (Fsp3) is 0.385. The Morgan fingerprint density at radius 1 is 1.14 bits per heavy atom. The van der Waals surface area contributed by atoms with E-state index in [4.69, 9.17) is 4.74 Å². The first-order valence-corrected chi connectivity index (χ1v) is 4.77. The lowest BCUT2D eigenvalue weighted by atomic mass is 10.1. The fourth-order valence-electron chi connectivity index (χ4n) is 0.809. The van der Waals surface area contributed by atoms with Crippen LogP contribution in [0.1, 0.15) is 27.7 Å². The van der Waals surface area contributed by atoms with Crippen molar-refractivity contribution in [2.24, 2.45) is 0 Å². The highest BCUT2D eigenvalue weighted by atomic mass is 16.5. The van der Waals surface area contributed by atoms with Gasteiger partial charge < -0.3 is 4.74 Å². The van der Waals surface area contributed by atoms with E-state index in [9.17, 15) is 0 Å². The lowest BCUT2D eigenvalue weighted by Gasteiger charge is -2.11. The van der Waals surface area contributed by atoms with Crippen molar-refractivity contribution in [1.29, 1.82) is 0 Å². The minimum absolute atomic E-state index is 0.762. The third kappa shape index (κ3) is 4.70. The monoisotopic (exact) mass is 194 g/mol. The van der Waals surface area contributed by atoms with E-state index in [0.29, 0.717) is 0 Å². The van der Waals surface area contributed by atoms with Crippen LogP contribution in [-0.2, 0) is 4.74 Å². The summed E-state index contributed by atoms with van der Waals surface area (Å²) in [4.78, 5) is 0.